The van der Waals surface area contributed by atoms with E-state index in [9.17, 15) is 8.42 Å². The van der Waals surface area contributed by atoms with Gasteiger partial charge in [-0.1, -0.05) is 43.7 Å². The summed E-state index contributed by atoms with van der Waals surface area (Å²) in [5.74, 6) is 0.166. The van der Waals surface area contributed by atoms with Crippen molar-refractivity contribution in [2.45, 2.75) is 45.4 Å². The predicted octanol–water partition coefficient (Wildman–Crippen LogP) is 2.86. The van der Waals surface area contributed by atoms with Crippen molar-refractivity contribution in [3.8, 4) is 0 Å². The van der Waals surface area contributed by atoms with Crippen LogP contribution in [0.3, 0.4) is 0 Å². The SMILES string of the molecule is CCNC(CS(=O)(=O)C(C)CC)c1ccc(C)cc1. The van der Waals surface area contributed by atoms with Gasteiger partial charge in [0, 0.05) is 6.04 Å². The first kappa shape index (κ1) is 16.2. The minimum absolute atomic E-state index is 0.121. The van der Waals surface area contributed by atoms with E-state index in [-0.39, 0.29) is 17.0 Å². The van der Waals surface area contributed by atoms with E-state index in [1.54, 1.807) is 6.92 Å². The molecule has 4 heteroatoms. The molecule has 0 bridgehead atoms. The van der Waals surface area contributed by atoms with E-state index in [0.717, 1.165) is 12.1 Å². The van der Waals surface area contributed by atoms with Gasteiger partial charge in [-0.2, -0.15) is 0 Å². The molecule has 2 unspecified atom stereocenters. The maximum absolute atomic E-state index is 12.2. The second-order valence-corrected chi connectivity index (χ2v) is 7.53. The number of sulfone groups is 1. The van der Waals surface area contributed by atoms with Gasteiger partial charge in [0.1, 0.15) is 0 Å². The van der Waals surface area contributed by atoms with E-state index in [1.807, 2.05) is 45.0 Å². The fourth-order valence-corrected chi connectivity index (χ4v) is 3.58. The summed E-state index contributed by atoms with van der Waals surface area (Å²) in [6.45, 7) is 8.48. The molecule has 1 N–H and O–H groups in total. The Kier molecular flexibility index (Phi) is 6.01. The van der Waals surface area contributed by atoms with E-state index < -0.39 is 9.84 Å². The number of hydrogen-bond donors (Lipinski definition) is 1. The fourth-order valence-electron chi connectivity index (χ4n) is 1.97. The summed E-state index contributed by atoms with van der Waals surface area (Å²) in [6.07, 6.45) is 0.662. The summed E-state index contributed by atoms with van der Waals surface area (Å²) in [5.41, 5.74) is 2.23. The highest BCUT2D eigenvalue weighted by molar-refractivity contribution is 7.92. The maximum Gasteiger partial charge on any atom is 0.154 e. The van der Waals surface area contributed by atoms with Crippen LogP contribution < -0.4 is 5.32 Å². The number of hydrogen-bond acceptors (Lipinski definition) is 3. The first-order valence-corrected chi connectivity index (χ1v) is 8.63. The Morgan fingerprint density at radius 2 is 1.74 bits per heavy atom. The molecule has 0 aromatic heterocycles. The van der Waals surface area contributed by atoms with Crippen molar-refractivity contribution in [3.05, 3.63) is 35.4 Å². The number of nitrogens with one attached hydrogen (secondary N) is 1. The van der Waals surface area contributed by atoms with Crippen LogP contribution in [0.4, 0.5) is 0 Å². The van der Waals surface area contributed by atoms with Crippen LogP contribution in [0.15, 0.2) is 24.3 Å². The second-order valence-electron chi connectivity index (χ2n) is 5.07. The molecule has 0 aliphatic carbocycles. The van der Waals surface area contributed by atoms with Crippen LogP contribution in [-0.2, 0) is 9.84 Å². The lowest BCUT2D eigenvalue weighted by atomic mass is 10.1. The van der Waals surface area contributed by atoms with Gasteiger partial charge in [0.25, 0.3) is 0 Å². The third-order valence-electron chi connectivity index (χ3n) is 3.52. The molecule has 2 atom stereocenters. The number of aryl methyl sites for hydroxylation is 1. The van der Waals surface area contributed by atoms with Gasteiger partial charge in [-0.15, -0.1) is 0 Å². The molecule has 0 spiro atoms. The van der Waals surface area contributed by atoms with Crippen LogP contribution in [0.2, 0.25) is 0 Å². The monoisotopic (exact) mass is 283 g/mol. The lowest BCUT2D eigenvalue weighted by Gasteiger charge is -2.20. The van der Waals surface area contributed by atoms with Crippen LogP contribution in [0, 0.1) is 6.92 Å². The van der Waals surface area contributed by atoms with Gasteiger partial charge in [-0.3, -0.25) is 0 Å². The van der Waals surface area contributed by atoms with E-state index in [2.05, 4.69) is 5.32 Å². The van der Waals surface area contributed by atoms with Gasteiger partial charge in [0.15, 0.2) is 9.84 Å². The second kappa shape index (κ2) is 7.06. The Labute approximate surface area is 117 Å². The molecule has 0 heterocycles. The van der Waals surface area contributed by atoms with Gasteiger partial charge in [0.05, 0.1) is 11.0 Å². The van der Waals surface area contributed by atoms with Gasteiger partial charge in [-0.05, 0) is 32.4 Å². The third-order valence-corrected chi connectivity index (χ3v) is 5.87. The van der Waals surface area contributed by atoms with Crippen LogP contribution in [0.25, 0.3) is 0 Å². The average Bonchev–Trinajstić information content (AvgIpc) is 2.38. The molecule has 0 saturated heterocycles. The normalized spacial score (nSPS) is 15.2. The molecular weight excluding hydrogens is 258 g/mol. The minimum atomic E-state index is -3.05. The Balaban J connectivity index is 2.93. The van der Waals surface area contributed by atoms with Crippen LogP contribution in [0.5, 0.6) is 0 Å². The molecule has 3 nitrogen and oxygen atoms in total. The zero-order valence-corrected chi connectivity index (χ0v) is 13.1. The zero-order chi connectivity index (χ0) is 14.5. The molecule has 1 aromatic carbocycles. The summed E-state index contributed by atoms with van der Waals surface area (Å²) in [7, 11) is -3.05. The van der Waals surface area contributed by atoms with Crippen LogP contribution in [-0.4, -0.2) is 26.0 Å². The lowest BCUT2D eigenvalue weighted by Crippen LogP contribution is -2.32. The van der Waals surface area contributed by atoms with Crippen molar-refractivity contribution in [1.29, 1.82) is 0 Å². The first-order chi connectivity index (χ1) is 8.90. The number of rotatable bonds is 7. The highest BCUT2D eigenvalue weighted by atomic mass is 32.2. The molecule has 0 aliphatic heterocycles. The minimum Gasteiger partial charge on any atom is -0.309 e. The quantitative estimate of drug-likeness (QED) is 0.837. The molecule has 108 valence electrons. The van der Waals surface area contributed by atoms with Crippen LogP contribution >= 0.6 is 0 Å². The topological polar surface area (TPSA) is 46.2 Å². The van der Waals surface area contributed by atoms with Crippen molar-refractivity contribution >= 4 is 9.84 Å². The van der Waals surface area contributed by atoms with Gasteiger partial charge in [-0.25, -0.2) is 8.42 Å². The van der Waals surface area contributed by atoms with Gasteiger partial charge < -0.3 is 5.32 Å². The zero-order valence-electron chi connectivity index (χ0n) is 12.3. The fraction of sp³-hybridized carbons (Fsp3) is 0.600. The molecule has 0 radical (unpaired) electrons. The summed E-state index contributed by atoms with van der Waals surface area (Å²) >= 11 is 0. The maximum atomic E-state index is 12.2. The molecule has 0 fully saturated rings. The Bertz CT molecular complexity index is 479. The highest BCUT2D eigenvalue weighted by Crippen LogP contribution is 2.19. The van der Waals surface area contributed by atoms with Gasteiger partial charge in [0.2, 0.25) is 0 Å². The highest BCUT2D eigenvalue weighted by Gasteiger charge is 2.24. The number of benzene rings is 1. The predicted molar refractivity (Wildman–Crippen MR) is 81.1 cm³/mol. The van der Waals surface area contributed by atoms with Gasteiger partial charge >= 0.3 is 0 Å². The Hall–Kier alpha value is -0.870. The van der Waals surface area contributed by atoms with Crippen molar-refractivity contribution in [2.24, 2.45) is 0 Å². The molecule has 0 saturated carbocycles. The standard InChI is InChI=1S/C15H25NO2S/c1-5-13(4)19(17,18)11-15(16-6-2)14-9-7-12(3)8-10-14/h7-10,13,15-16H,5-6,11H2,1-4H3. The molecule has 0 aliphatic rings. The Morgan fingerprint density at radius 1 is 1.16 bits per heavy atom. The first-order valence-electron chi connectivity index (χ1n) is 6.92. The smallest absolute Gasteiger partial charge is 0.154 e. The van der Waals surface area contributed by atoms with Crippen molar-refractivity contribution < 1.29 is 8.42 Å². The Morgan fingerprint density at radius 3 is 2.21 bits per heavy atom. The van der Waals surface area contributed by atoms with E-state index >= 15 is 0 Å². The largest absolute Gasteiger partial charge is 0.309 e. The average molecular weight is 283 g/mol. The summed E-state index contributed by atoms with van der Waals surface area (Å²) in [4.78, 5) is 0. The van der Waals surface area contributed by atoms with Crippen molar-refractivity contribution in [1.82, 2.24) is 5.32 Å². The molecule has 0 amide bonds. The molecule has 1 aromatic rings. The summed E-state index contributed by atoms with van der Waals surface area (Å²) in [5, 5.41) is 3.00. The summed E-state index contributed by atoms with van der Waals surface area (Å²) in [6, 6.07) is 7.94. The van der Waals surface area contributed by atoms with E-state index in [1.165, 1.54) is 5.56 Å². The third kappa shape index (κ3) is 4.62. The van der Waals surface area contributed by atoms with Crippen molar-refractivity contribution in [2.75, 3.05) is 12.3 Å². The molecule has 19 heavy (non-hydrogen) atoms. The summed E-state index contributed by atoms with van der Waals surface area (Å²) < 4.78 is 24.5. The molecule has 1 rings (SSSR count). The van der Waals surface area contributed by atoms with E-state index in [0.29, 0.717) is 6.42 Å². The van der Waals surface area contributed by atoms with Crippen molar-refractivity contribution in [3.63, 3.8) is 0 Å². The molecular formula is C15H25NO2S. The van der Waals surface area contributed by atoms with Crippen LogP contribution in [0.1, 0.15) is 44.4 Å². The lowest BCUT2D eigenvalue weighted by molar-refractivity contribution is 0.549. The van der Waals surface area contributed by atoms with E-state index in [4.69, 9.17) is 0 Å².